The molecule has 1 atom stereocenters. The summed E-state index contributed by atoms with van der Waals surface area (Å²) >= 11 is 0. The highest BCUT2D eigenvalue weighted by Gasteiger charge is 2.15. The second kappa shape index (κ2) is 6.92. The van der Waals surface area contributed by atoms with Gasteiger partial charge in [-0.15, -0.1) is 0 Å². The minimum Gasteiger partial charge on any atom is -0.368 e. The molecule has 0 aromatic carbocycles. The summed E-state index contributed by atoms with van der Waals surface area (Å²) < 4.78 is 0. The van der Waals surface area contributed by atoms with Gasteiger partial charge in [-0.2, -0.15) is 0 Å². The zero-order valence-corrected chi connectivity index (χ0v) is 14.9. The Morgan fingerprint density at radius 1 is 1.15 bits per heavy atom. The van der Waals surface area contributed by atoms with Gasteiger partial charge in [0.2, 0.25) is 0 Å². The zero-order chi connectivity index (χ0) is 18.1. The molecular formula is C20H21N7. The minimum atomic E-state index is 0.605. The van der Waals surface area contributed by atoms with Gasteiger partial charge in [-0.05, 0) is 50.0 Å². The van der Waals surface area contributed by atoms with E-state index in [1.54, 1.807) is 12.4 Å². The van der Waals surface area contributed by atoms with Gasteiger partial charge in [-0.3, -0.25) is 4.98 Å². The number of hydrogen-bond donors (Lipinski definition) is 3. The van der Waals surface area contributed by atoms with Crippen molar-refractivity contribution in [2.24, 2.45) is 5.92 Å². The number of anilines is 1. The molecule has 4 aromatic heterocycles. The fourth-order valence-corrected chi connectivity index (χ4v) is 3.66. The van der Waals surface area contributed by atoms with Crippen LogP contribution in [-0.4, -0.2) is 44.6 Å². The number of nitrogens with one attached hydrogen (secondary N) is 3. The lowest BCUT2D eigenvalue weighted by atomic mass is 10.00. The summed E-state index contributed by atoms with van der Waals surface area (Å²) in [7, 11) is 0. The van der Waals surface area contributed by atoms with E-state index in [4.69, 9.17) is 4.98 Å². The molecule has 0 aliphatic carbocycles. The highest BCUT2D eigenvalue weighted by Crippen LogP contribution is 2.27. The first-order valence-corrected chi connectivity index (χ1v) is 9.37. The van der Waals surface area contributed by atoms with Crippen molar-refractivity contribution in [1.29, 1.82) is 0 Å². The van der Waals surface area contributed by atoms with E-state index in [0.29, 0.717) is 5.92 Å². The van der Waals surface area contributed by atoms with Crippen LogP contribution in [0.2, 0.25) is 0 Å². The van der Waals surface area contributed by atoms with E-state index in [-0.39, 0.29) is 0 Å². The van der Waals surface area contributed by atoms with Crippen LogP contribution in [-0.2, 0) is 0 Å². The summed E-state index contributed by atoms with van der Waals surface area (Å²) in [6, 6.07) is 6.09. The fourth-order valence-electron chi connectivity index (χ4n) is 3.66. The number of hydrogen-bond acceptors (Lipinski definition) is 6. The van der Waals surface area contributed by atoms with Gasteiger partial charge in [0, 0.05) is 42.3 Å². The molecule has 5 heterocycles. The summed E-state index contributed by atoms with van der Waals surface area (Å²) in [5.41, 5.74) is 4.34. The number of aromatic nitrogens is 5. The molecule has 7 heteroatoms. The van der Waals surface area contributed by atoms with Crippen molar-refractivity contribution < 1.29 is 0 Å². The molecule has 0 bridgehead atoms. The average Bonchev–Trinajstić information content (AvgIpc) is 3.20. The van der Waals surface area contributed by atoms with Gasteiger partial charge >= 0.3 is 0 Å². The molecule has 0 radical (unpaired) electrons. The number of fused-ring (bicyclic) bond motifs is 2. The minimum absolute atomic E-state index is 0.605. The van der Waals surface area contributed by atoms with Gasteiger partial charge in [-0.1, -0.05) is 0 Å². The molecule has 27 heavy (non-hydrogen) atoms. The van der Waals surface area contributed by atoms with Gasteiger partial charge in [-0.25, -0.2) is 15.0 Å². The third-order valence-electron chi connectivity index (χ3n) is 5.11. The topological polar surface area (TPSA) is 91.4 Å². The van der Waals surface area contributed by atoms with Crippen LogP contribution < -0.4 is 10.6 Å². The molecule has 5 rings (SSSR count). The standard InChI is InChI=1S/C20H21N7/c1-2-13(10-21-4-1)11-25-20-18-17(22-6-7-23-18)9-16(27-20)15-8-14-3-5-24-19(14)26-12-15/h3,5-9,12-13,21H,1-2,4,10-11H2,(H,24,26)(H,25,27). The zero-order valence-electron chi connectivity index (χ0n) is 14.9. The first-order chi connectivity index (χ1) is 13.4. The van der Waals surface area contributed by atoms with Crippen LogP contribution in [0.15, 0.2) is 43.0 Å². The van der Waals surface area contributed by atoms with Crippen molar-refractivity contribution >= 4 is 27.9 Å². The number of rotatable bonds is 4. The molecule has 7 nitrogen and oxygen atoms in total. The molecular weight excluding hydrogens is 338 g/mol. The Hall–Kier alpha value is -3.06. The molecule has 136 valence electrons. The molecule has 0 amide bonds. The second-order valence-electron chi connectivity index (χ2n) is 7.01. The number of nitrogens with zero attached hydrogens (tertiary/aromatic N) is 4. The quantitative estimate of drug-likeness (QED) is 0.519. The molecule has 1 aliphatic heterocycles. The van der Waals surface area contributed by atoms with Crippen LogP contribution in [0.1, 0.15) is 12.8 Å². The smallest absolute Gasteiger partial charge is 0.154 e. The summed E-state index contributed by atoms with van der Waals surface area (Å²) in [5.74, 6) is 1.39. The molecule has 4 aromatic rings. The normalized spacial score (nSPS) is 17.4. The molecule has 3 N–H and O–H groups in total. The fraction of sp³-hybridized carbons (Fsp3) is 0.300. The van der Waals surface area contributed by atoms with Gasteiger partial charge in [0.25, 0.3) is 0 Å². The van der Waals surface area contributed by atoms with E-state index < -0.39 is 0 Å². The van der Waals surface area contributed by atoms with Gasteiger partial charge in [0.1, 0.15) is 11.2 Å². The molecule has 1 saturated heterocycles. The van der Waals surface area contributed by atoms with Crippen molar-refractivity contribution in [2.45, 2.75) is 12.8 Å². The van der Waals surface area contributed by atoms with Crippen molar-refractivity contribution in [1.82, 2.24) is 30.2 Å². The highest BCUT2D eigenvalue weighted by molar-refractivity contribution is 5.89. The van der Waals surface area contributed by atoms with Crippen LogP contribution in [0.3, 0.4) is 0 Å². The van der Waals surface area contributed by atoms with Crippen molar-refractivity contribution in [2.75, 3.05) is 25.0 Å². The van der Waals surface area contributed by atoms with E-state index in [1.807, 2.05) is 24.5 Å². The lowest BCUT2D eigenvalue weighted by Gasteiger charge is -2.23. The summed E-state index contributed by atoms with van der Waals surface area (Å²) in [6.07, 6.45) is 9.63. The molecule has 1 aliphatic rings. The van der Waals surface area contributed by atoms with Crippen molar-refractivity contribution in [3.8, 4) is 11.3 Å². The van der Waals surface area contributed by atoms with Gasteiger partial charge < -0.3 is 15.6 Å². The maximum absolute atomic E-state index is 4.86. The maximum atomic E-state index is 4.86. The lowest BCUT2D eigenvalue weighted by Crippen LogP contribution is -2.33. The molecule has 1 fully saturated rings. The number of piperidine rings is 1. The molecule has 0 saturated carbocycles. The Labute approximate surface area is 156 Å². The molecule has 0 spiro atoms. The predicted molar refractivity (Wildman–Crippen MR) is 107 cm³/mol. The number of pyridine rings is 2. The Bertz CT molecular complexity index is 1080. The molecule has 1 unspecified atom stereocenters. The number of aromatic amines is 1. The maximum Gasteiger partial charge on any atom is 0.154 e. The van der Waals surface area contributed by atoms with E-state index in [9.17, 15) is 0 Å². The van der Waals surface area contributed by atoms with Crippen LogP contribution in [0, 0.1) is 5.92 Å². The average molecular weight is 359 g/mol. The summed E-state index contributed by atoms with van der Waals surface area (Å²) in [6.45, 7) is 3.04. The van der Waals surface area contributed by atoms with Gasteiger partial charge in [0.05, 0.1) is 11.2 Å². The van der Waals surface area contributed by atoms with Gasteiger partial charge in [0.15, 0.2) is 5.82 Å². The van der Waals surface area contributed by atoms with Crippen LogP contribution in [0.5, 0.6) is 0 Å². The monoisotopic (exact) mass is 359 g/mol. The largest absolute Gasteiger partial charge is 0.368 e. The van der Waals surface area contributed by atoms with Crippen LogP contribution in [0.4, 0.5) is 5.82 Å². The first kappa shape index (κ1) is 16.1. The second-order valence-corrected chi connectivity index (χ2v) is 7.01. The Morgan fingerprint density at radius 3 is 3.04 bits per heavy atom. The SMILES string of the molecule is c1cnc2c(NCC3CCCNC3)nc(-c3cnc4[nH]ccc4c3)cc2n1. The van der Waals surface area contributed by atoms with Crippen LogP contribution in [0.25, 0.3) is 33.3 Å². The Morgan fingerprint density at radius 2 is 2.11 bits per heavy atom. The van der Waals surface area contributed by atoms with E-state index >= 15 is 0 Å². The Balaban J connectivity index is 1.52. The first-order valence-electron chi connectivity index (χ1n) is 9.37. The highest BCUT2D eigenvalue weighted by atomic mass is 15.0. The third kappa shape index (κ3) is 3.21. The van der Waals surface area contributed by atoms with Crippen LogP contribution >= 0.6 is 0 Å². The third-order valence-corrected chi connectivity index (χ3v) is 5.11. The number of H-pyrrole nitrogens is 1. The predicted octanol–water partition coefficient (Wildman–Crippen LogP) is 2.98. The van der Waals surface area contributed by atoms with E-state index in [2.05, 4.69) is 36.6 Å². The Kier molecular flexibility index (Phi) is 4.14. The van der Waals surface area contributed by atoms with E-state index in [0.717, 1.165) is 58.8 Å². The summed E-state index contributed by atoms with van der Waals surface area (Å²) in [4.78, 5) is 21.5. The lowest BCUT2D eigenvalue weighted by molar-refractivity contribution is 0.392. The summed E-state index contributed by atoms with van der Waals surface area (Å²) in [5, 5.41) is 8.05. The van der Waals surface area contributed by atoms with Crippen molar-refractivity contribution in [3.05, 3.63) is 43.0 Å². The van der Waals surface area contributed by atoms with E-state index in [1.165, 1.54) is 12.8 Å². The van der Waals surface area contributed by atoms with Crippen molar-refractivity contribution in [3.63, 3.8) is 0 Å².